The van der Waals surface area contributed by atoms with Crippen LogP contribution >= 0.6 is 0 Å². The fraction of sp³-hybridized carbons (Fsp3) is 0.963. The van der Waals surface area contributed by atoms with Crippen LogP contribution < -0.4 is 0 Å². The molecule has 11 heteroatoms. The summed E-state index contributed by atoms with van der Waals surface area (Å²) in [6.45, 7) is 5.21. The van der Waals surface area contributed by atoms with Crippen molar-refractivity contribution in [1.82, 2.24) is 0 Å². The maximum absolute atomic E-state index is 13.6. The largest absolute Gasteiger partial charge is 0.743 e. The van der Waals surface area contributed by atoms with Gasteiger partial charge in [-0.15, -0.1) is 0 Å². The highest BCUT2D eigenvalue weighted by Gasteiger charge is 2.62. The quantitative estimate of drug-likeness (QED) is 0.329. The minimum Gasteiger partial charge on any atom is -0.743 e. The molecule has 0 aliphatic heterocycles. The van der Waals surface area contributed by atoms with E-state index in [1.54, 1.807) is 0 Å². The second kappa shape index (κ2) is 10.5. The fourth-order valence-corrected chi connectivity index (χ4v) is 9.60. The summed E-state index contributed by atoms with van der Waals surface area (Å²) >= 11 is 0. The Morgan fingerprint density at radius 1 is 1.08 bits per heavy atom. The average Bonchev–Trinajstić information content (AvgIpc) is 3.18. The topological polar surface area (TPSA) is 124 Å². The van der Waals surface area contributed by atoms with Gasteiger partial charge in [0, 0.05) is 6.42 Å². The second-order valence-corrected chi connectivity index (χ2v) is 14.6. The number of aliphatic hydroxyl groups is 2. The molecule has 0 aromatic rings. The van der Waals surface area contributed by atoms with Gasteiger partial charge in [0.25, 0.3) is 0 Å². The molecule has 4 rings (SSSR count). The Balaban J connectivity index is 1.35. The first-order chi connectivity index (χ1) is 17.5. The molecule has 0 heterocycles. The van der Waals surface area contributed by atoms with Gasteiger partial charge in [0.15, 0.2) is 10.1 Å². The molecule has 4 aliphatic rings. The molecule has 2 N–H and O–H groups in total. The van der Waals surface area contributed by atoms with Crippen LogP contribution in [-0.4, -0.2) is 59.4 Å². The molecule has 0 aromatic heterocycles. The number of carbonyl (C=O) groups excluding carboxylic acids is 1. The molecular formula is C27H42F3O7S-. The molecule has 220 valence electrons. The number of carbonyl (C=O) groups is 1. The standard InChI is InChI=1S/C27H43F3O7S/c1-15(4-7-23(33)37-14-22(28)27(29,30)38(34,35)36)18-5-6-19-24-20(9-11-26(18,19)3)25(2)10-8-17(31)12-16(25)13-21(24)32/h15-22,24,31-32H,4-14H2,1-3H3,(H,34,35,36)/p-1/t15-,16+,17-,18-,19+,20+,21+,22?,24+,25+,26-/m1/s1. The summed E-state index contributed by atoms with van der Waals surface area (Å²) in [6, 6.07) is 0. The Labute approximate surface area is 223 Å². The Morgan fingerprint density at radius 3 is 2.37 bits per heavy atom. The third kappa shape index (κ3) is 5.14. The van der Waals surface area contributed by atoms with Crippen LogP contribution in [0.15, 0.2) is 0 Å². The molecule has 38 heavy (non-hydrogen) atoms. The Morgan fingerprint density at radius 2 is 1.71 bits per heavy atom. The molecule has 4 fully saturated rings. The Bertz CT molecular complexity index is 993. The minimum absolute atomic E-state index is 0.00256. The van der Waals surface area contributed by atoms with Crippen LogP contribution in [0.25, 0.3) is 0 Å². The number of ether oxygens (including phenoxy) is 1. The van der Waals surface area contributed by atoms with Crippen molar-refractivity contribution in [2.24, 2.45) is 46.3 Å². The zero-order valence-corrected chi connectivity index (χ0v) is 23.3. The lowest BCUT2D eigenvalue weighted by molar-refractivity contribution is -0.174. The van der Waals surface area contributed by atoms with Crippen LogP contribution in [0, 0.1) is 46.3 Å². The van der Waals surface area contributed by atoms with Crippen molar-refractivity contribution in [3.63, 3.8) is 0 Å². The normalized spacial score (nSPS) is 42.9. The van der Waals surface area contributed by atoms with Gasteiger partial charge in [-0.2, -0.15) is 8.78 Å². The van der Waals surface area contributed by atoms with E-state index in [2.05, 4.69) is 18.6 Å². The molecule has 0 aromatic carbocycles. The Kier molecular flexibility index (Phi) is 8.30. The molecule has 4 aliphatic carbocycles. The number of rotatable bonds is 8. The molecular weight excluding hydrogens is 525 g/mol. The maximum atomic E-state index is 13.6. The lowest BCUT2D eigenvalue weighted by Crippen LogP contribution is -2.58. The van der Waals surface area contributed by atoms with Crippen LogP contribution in [0.2, 0.25) is 0 Å². The van der Waals surface area contributed by atoms with Gasteiger partial charge in [0.1, 0.15) is 6.61 Å². The number of hydrogen-bond acceptors (Lipinski definition) is 7. The van der Waals surface area contributed by atoms with Crippen molar-refractivity contribution in [2.45, 2.75) is 109 Å². The minimum atomic E-state index is -6.21. The van der Waals surface area contributed by atoms with Gasteiger partial charge in [-0.25, -0.2) is 12.8 Å². The van der Waals surface area contributed by atoms with Gasteiger partial charge >= 0.3 is 11.2 Å². The number of alkyl halides is 3. The molecule has 0 amide bonds. The molecule has 1 unspecified atom stereocenters. The van der Waals surface area contributed by atoms with Crippen molar-refractivity contribution in [3.05, 3.63) is 0 Å². The maximum Gasteiger partial charge on any atom is 0.368 e. The van der Waals surface area contributed by atoms with Crippen LogP contribution in [0.1, 0.15) is 85.0 Å². The van der Waals surface area contributed by atoms with Gasteiger partial charge in [0.05, 0.1) is 12.2 Å². The predicted octanol–water partition coefficient (Wildman–Crippen LogP) is 4.41. The smallest absolute Gasteiger partial charge is 0.368 e. The SMILES string of the molecule is C[C@H](CCC(=O)OCC(F)C(F)(F)S(=O)(=O)[O-])[C@H]1CC[C@H]2[C@@H]3[C@@H](O)C[C@@H]4C[C@H](O)CC[C@]4(C)[C@H]3CC[C@]12C. The first kappa shape index (κ1) is 30.1. The van der Waals surface area contributed by atoms with Gasteiger partial charge < -0.3 is 19.5 Å². The van der Waals surface area contributed by atoms with E-state index in [-0.39, 0.29) is 41.3 Å². The molecule has 7 nitrogen and oxygen atoms in total. The van der Waals surface area contributed by atoms with E-state index in [4.69, 9.17) is 0 Å². The van der Waals surface area contributed by atoms with E-state index in [1.165, 1.54) is 0 Å². The summed E-state index contributed by atoms with van der Waals surface area (Å²) in [6.07, 6.45) is 3.52. The monoisotopic (exact) mass is 567 g/mol. The summed E-state index contributed by atoms with van der Waals surface area (Å²) in [5, 5.41) is 16.4. The van der Waals surface area contributed by atoms with Gasteiger partial charge in [0.2, 0.25) is 6.17 Å². The van der Waals surface area contributed by atoms with Crippen molar-refractivity contribution in [1.29, 1.82) is 0 Å². The van der Waals surface area contributed by atoms with E-state index in [0.717, 1.165) is 51.4 Å². The summed E-state index contributed by atoms with van der Waals surface area (Å²) in [7, 11) is -6.21. The number of halogens is 3. The predicted molar refractivity (Wildman–Crippen MR) is 132 cm³/mol. The molecule has 0 saturated heterocycles. The summed E-state index contributed by atoms with van der Waals surface area (Å²) in [5.74, 6) is 0.839. The summed E-state index contributed by atoms with van der Waals surface area (Å²) < 4.78 is 76.3. The molecule has 4 saturated carbocycles. The van der Waals surface area contributed by atoms with Crippen molar-refractivity contribution in [2.75, 3.05) is 6.61 Å². The van der Waals surface area contributed by atoms with Crippen LogP contribution in [0.3, 0.4) is 0 Å². The molecule has 0 radical (unpaired) electrons. The summed E-state index contributed by atoms with van der Waals surface area (Å²) in [4.78, 5) is 12.1. The van der Waals surface area contributed by atoms with E-state index < -0.39 is 34.1 Å². The zero-order chi connectivity index (χ0) is 28.3. The Hall–Kier alpha value is -0.910. The first-order valence-electron chi connectivity index (χ1n) is 14.0. The number of hydrogen-bond donors (Lipinski definition) is 2. The molecule has 0 bridgehead atoms. The van der Waals surface area contributed by atoms with Gasteiger partial charge in [-0.1, -0.05) is 20.8 Å². The van der Waals surface area contributed by atoms with E-state index in [1.807, 2.05) is 6.92 Å². The number of aliphatic hydroxyl groups excluding tert-OH is 2. The zero-order valence-electron chi connectivity index (χ0n) is 22.5. The van der Waals surface area contributed by atoms with E-state index in [9.17, 15) is 41.1 Å². The third-order valence-corrected chi connectivity index (χ3v) is 12.2. The molecule has 11 atom stereocenters. The van der Waals surface area contributed by atoms with Crippen LogP contribution in [-0.2, 0) is 19.6 Å². The fourth-order valence-electron chi connectivity index (χ4n) is 9.21. The van der Waals surface area contributed by atoms with Crippen LogP contribution in [0.5, 0.6) is 0 Å². The second-order valence-electron chi connectivity index (χ2n) is 13.1. The average molecular weight is 568 g/mol. The lowest BCUT2D eigenvalue weighted by Gasteiger charge is -2.62. The number of esters is 1. The first-order valence-corrected chi connectivity index (χ1v) is 15.4. The molecule has 0 spiro atoms. The highest BCUT2D eigenvalue weighted by atomic mass is 32.2. The highest BCUT2D eigenvalue weighted by Crippen LogP contribution is 2.68. The van der Waals surface area contributed by atoms with Gasteiger partial charge in [-0.05, 0) is 104 Å². The van der Waals surface area contributed by atoms with E-state index in [0.29, 0.717) is 30.1 Å². The van der Waals surface area contributed by atoms with E-state index >= 15 is 0 Å². The third-order valence-electron chi connectivity index (χ3n) is 11.3. The van der Waals surface area contributed by atoms with Crippen LogP contribution in [0.4, 0.5) is 13.2 Å². The lowest BCUT2D eigenvalue weighted by atomic mass is 9.43. The highest BCUT2D eigenvalue weighted by molar-refractivity contribution is 7.86. The van der Waals surface area contributed by atoms with Crippen molar-refractivity contribution < 1.29 is 45.9 Å². The number of fused-ring (bicyclic) bond motifs is 5. The van der Waals surface area contributed by atoms with Gasteiger partial charge in [-0.3, -0.25) is 4.79 Å². The van der Waals surface area contributed by atoms with Crippen molar-refractivity contribution in [3.8, 4) is 0 Å². The summed E-state index contributed by atoms with van der Waals surface area (Å²) in [5.41, 5.74) is 0.131. The van der Waals surface area contributed by atoms with Crippen molar-refractivity contribution >= 4 is 16.1 Å².